The number of likely N-dealkylation sites (N-methyl/N-ethyl adjacent to an activating group) is 1. The lowest BCUT2D eigenvalue weighted by Crippen LogP contribution is -2.39. The van der Waals surface area contributed by atoms with Gasteiger partial charge in [-0.25, -0.2) is 0 Å². The molecule has 2 rings (SSSR count). The van der Waals surface area contributed by atoms with Gasteiger partial charge in [0.2, 0.25) is 11.8 Å². The first-order valence-electron chi connectivity index (χ1n) is 7.78. The SMILES string of the molecule is CCN(CCO)C(=O)C1CC(=O)N(Cc2ccc(C)cc2)C1. The molecule has 1 atom stereocenters. The summed E-state index contributed by atoms with van der Waals surface area (Å²) in [4.78, 5) is 27.9. The molecule has 22 heavy (non-hydrogen) atoms. The van der Waals surface area contributed by atoms with Crippen LogP contribution in [0.15, 0.2) is 24.3 Å². The molecule has 1 unspecified atom stereocenters. The topological polar surface area (TPSA) is 60.9 Å². The summed E-state index contributed by atoms with van der Waals surface area (Å²) in [6, 6.07) is 8.08. The van der Waals surface area contributed by atoms with Gasteiger partial charge in [-0.05, 0) is 19.4 Å². The number of aliphatic hydroxyl groups excluding tert-OH is 1. The molecule has 1 aromatic rings. The Bertz CT molecular complexity index is 527. The molecule has 0 radical (unpaired) electrons. The number of hydrogen-bond donors (Lipinski definition) is 1. The fourth-order valence-electron chi connectivity index (χ4n) is 2.81. The molecule has 5 heteroatoms. The summed E-state index contributed by atoms with van der Waals surface area (Å²) >= 11 is 0. The number of carbonyl (C=O) groups excluding carboxylic acids is 2. The summed E-state index contributed by atoms with van der Waals surface area (Å²) < 4.78 is 0. The van der Waals surface area contributed by atoms with Crippen molar-refractivity contribution in [1.82, 2.24) is 9.80 Å². The Labute approximate surface area is 131 Å². The predicted octanol–water partition coefficient (Wildman–Crippen LogP) is 1.18. The highest BCUT2D eigenvalue weighted by Gasteiger charge is 2.35. The summed E-state index contributed by atoms with van der Waals surface area (Å²) in [5.74, 6) is -0.292. The standard InChI is InChI=1S/C17H24N2O3/c1-3-18(8-9-20)17(22)15-10-16(21)19(12-15)11-14-6-4-13(2)5-7-14/h4-7,15,20H,3,8-12H2,1-2H3. The third kappa shape index (κ3) is 3.85. The molecule has 1 fully saturated rings. The van der Waals surface area contributed by atoms with Crippen LogP contribution in [0.3, 0.4) is 0 Å². The third-order valence-electron chi connectivity index (χ3n) is 4.12. The van der Waals surface area contributed by atoms with Crippen molar-refractivity contribution >= 4 is 11.8 Å². The number of carbonyl (C=O) groups is 2. The minimum Gasteiger partial charge on any atom is -0.395 e. The summed E-state index contributed by atoms with van der Waals surface area (Å²) in [6.45, 7) is 5.77. The highest BCUT2D eigenvalue weighted by atomic mass is 16.3. The van der Waals surface area contributed by atoms with E-state index in [0.717, 1.165) is 5.56 Å². The molecule has 0 bridgehead atoms. The van der Waals surface area contributed by atoms with Gasteiger partial charge in [-0.2, -0.15) is 0 Å². The van der Waals surface area contributed by atoms with E-state index in [9.17, 15) is 9.59 Å². The van der Waals surface area contributed by atoms with Crippen LogP contribution in [0.25, 0.3) is 0 Å². The Hall–Kier alpha value is -1.88. The van der Waals surface area contributed by atoms with Gasteiger partial charge in [-0.3, -0.25) is 9.59 Å². The zero-order valence-corrected chi connectivity index (χ0v) is 13.3. The van der Waals surface area contributed by atoms with Crippen LogP contribution >= 0.6 is 0 Å². The van der Waals surface area contributed by atoms with Crippen molar-refractivity contribution in [2.75, 3.05) is 26.2 Å². The second-order valence-electron chi connectivity index (χ2n) is 5.80. The van der Waals surface area contributed by atoms with Crippen LogP contribution in [0.4, 0.5) is 0 Å². The van der Waals surface area contributed by atoms with Gasteiger partial charge in [0, 0.05) is 32.6 Å². The number of likely N-dealkylation sites (tertiary alicyclic amines) is 1. The number of rotatable bonds is 6. The molecule has 5 nitrogen and oxygen atoms in total. The molecule has 0 spiro atoms. The lowest BCUT2D eigenvalue weighted by atomic mass is 10.1. The molecule has 0 aromatic heterocycles. The zero-order chi connectivity index (χ0) is 16.1. The number of benzene rings is 1. The lowest BCUT2D eigenvalue weighted by Gasteiger charge is -2.23. The maximum atomic E-state index is 12.4. The van der Waals surface area contributed by atoms with E-state index in [4.69, 9.17) is 5.11 Å². The first-order valence-corrected chi connectivity index (χ1v) is 7.78. The molecule has 120 valence electrons. The van der Waals surface area contributed by atoms with Crippen LogP contribution in [-0.2, 0) is 16.1 Å². The second kappa shape index (κ2) is 7.40. The molecule has 1 saturated heterocycles. The van der Waals surface area contributed by atoms with E-state index in [0.29, 0.717) is 26.2 Å². The number of hydrogen-bond acceptors (Lipinski definition) is 3. The monoisotopic (exact) mass is 304 g/mol. The van der Waals surface area contributed by atoms with Gasteiger partial charge in [-0.1, -0.05) is 29.8 Å². The average Bonchev–Trinajstić information content (AvgIpc) is 2.87. The molecule has 0 saturated carbocycles. The Kier molecular flexibility index (Phi) is 5.55. The lowest BCUT2D eigenvalue weighted by molar-refractivity contribution is -0.136. The zero-order valence-electron chi connectivity index (χ0n) is 13.3. The van der Waals surface area contributed by atoms with Crippen LogP contribution < -0.4 is 0 Å². The maximum absolute atomic E-state index is 12.4. The van der Waals surface area contributed by atoms with Crippen LogP contribution in [0, 0.1) is 12.8 Å². The van der Waals surface area contributed by atoms with Gasteiger partial charge in [0.05, 0.1) is 12.5 Å². The Morgan fingerprint density at radius 2 is 2.05 bits per heavy atom. The summed E-state index contributed by atoms with van der Waals surface area (Å²) in [7, 11) is 0. The molecule has 2 amide bonds. The van der Waals surface area contributed by atoms with Crippen molar-refractivity contribution in [3.63, 3.8) is 0 Å². The van der Waals surface area contributed by atoms with Crippen molar-refractivity contribution in [3.8, 4) is 0 Å². The van der Waals surface area contributed by atoms with E-state index in [1.54, 1.807) is 9.80 Å². The summed E-state index contributed by atoms with van der Waals surface area (Å²) in [5, 5.41) is 9.01. The number of aryl methyl sites for hydroxylation is 1. The summed E-state index contributed by atoms with van der Waals surface area (Å²) in [6.07, 6.45) is 0.270. The summed E-state index contributed by atoms with van der Waals surface area (Å²) in [5.41, 5.74) is 2.27. The van der Waals surface area contributed by atoms with Gasteiger partial charge < -0.3 is 14.9 Å². The van der Waals surface area contributed by atoms with E-state index >= 15 is 0 Å². The minimum absolute atomic E-state index is 0.0268. The van der Waals surface area contributed by atoms with Crippen LogP contribution in [-0.4, -0.2) is 53.0 Å². The fourth-order valence-corrected chi connectivity index (χ4v) is 2.81. The Morgan fingerprint density at radius 1 is 1.36 bits per heavy atom. The quantitative estimate of drug-likeness (QED) is 0.858. The van der Waals surface area contributed by atoms with Gasteiger partial charge in [0.15, 0.2) is 0 Å². The first kappa shape index (κ1) is 16.5. The molecule has 1 aliphatic heterocycles. The number of nitrogens with zero attached hydrogens (tertiary/aromatic N) is 2. The second-order valence-corrected chi connectivity index (χ2v) is 5.80. The maximum Gasteiger partial charge on any atom is 0.228 e. The molecule has 0 aliphatic carbocycles. The normalized spacial score (nSPS) is 17.9. The molecule has 1 aromatic carbocycles. The van der Waals surface area contributed by atoms with Crippen LogP contribution in [0.5, 0.6) is 0 Å². The molecular formula is C17H24N2O3. The fraction of sp³-hybridized carbons (Fsp3) is 0.529. The Morgan fingerprint density at radius 3 is 2.64 bits per heavy atom. The smallest absolute Gasteiger partial charge is 0.228 e. The van der Waals surface area contributed by atoms with Crippen molar-refractivity contribution in [3.05, 3.63) is 35.4 Å². The van der Waals surface area contributed by atoms with Gasteiger partial charge >= 0.3 is 0 Å². The van der Waals surface area contributed by atoms with Crippen LogP contribution in [0.1, 0.15) is 24.5 Å². The molecule has 1 heterocycles. The van der Waals surface area contributed by atoms with E-state index in [2.05, 4.69) is 0 Å². The van der Waals surface area contributed by atoms with Gasteiger partial charge in [0.25, 0.3) is 0 Å². The largest absolute Gasteiger partial charge is 0.395 e. The molecular weight excluding hydrogens is 280 g/mol. The van der Waals surface area contributed by atoms with Crippen molar-refractivity contribution < 1.29 is 14.7 Å². The van der Waals surface area contributed by atoms with E-state index in [1.165, 1.54) is 5.56 Å². The molecule has 1 N–H and O–H groups in total. The van der Waals surface area contributed by atoms with Crippen molar-refractivity contribution in [2.45, 2.75) is 26.8 Å². The highest BCUT2D eigenvalue weighted by Crippen LogP contribution is 2.22. The minimum atomic E-state index is -0.288. The number of amides is 2. The van der Waals surface area contributed by atoms with Crippen molar-refractivity contribution in [2.24, 2.45) is 5.92 Å². The highest BCUT2D eigenvalue weighted by molar-refractivity contribution is 5.89. The van der Waals surface area contributed by atoms with E-state index in [-0.39, 0.29) is 30.8 Å². The van der Waals surface area contributed by atoms with Crippen molar-refractivity contribution in [1.29, 1.82) is 0 Å². The number of aliphatic hydroxyl groups is 1. The third-order valence-corrected chi connectivity index (χ3v) is 4.12. The average molecular weight is 304 g/mol. The first-order chi connectivity index (χ1) is 10.5. The van der Waals surface area contributed by atoms with E-state index < -0.39 is 0 Å². The molecule has 1 aliphatic rings. The van der Waals surface area contributed by atoms with E-state index in [1.807, 2.05) is 38.1 Å². The predicted molar refractivity (Wildman–Crippen MR) is 84.0 cm³/mol. The van der Waals surface area contributed by atoms with Gasteiger partial charge in [-0.15, -0.1) is 0 Å². The Balaban J connectivity index is 1.98. The van der Waals surface area contributed by atoms with Gasteiger partial charge in [0.1, 0.15) is 0 Å². The van der Waals surface area contributed by atoms with Crippen LogP contribution in [0.2, 0.25) is 0 Å².